The second kappa shape index (κ2) is 4.76. The van der Waals surface area contributed by atoms with Gasteiger partial charge in [0, 0.05) is 18.6 Å². The summed E-state index contributed by atoms with van der Waals surface area (Å²) in [6.45, 7) is 7.84. The second-order valence-corrected chi connectivity index (χ2v) is 8.46. The van der Waals surface area contributed by atoms with Gasteiger partial charge in [-0.05, 0) is 56.8 Å². The number of nitrogens with zero attached hydrogens (tertiary/aromatic N) is 1. The van der Waals surface area contributed by atoms with Gasteiger partial charge < -0.3 is 5.32 Å². The zero-order chi connectivity index (χ0) is 15.4. The lowest BCUT2D eigenvalue weighted by Crippen LogP contribution is -2.47. The first-order chi connectivity index (χ1) is 9.74. The highest BCUT2D eigenvalue weighted by atomic mass is 32.2. The van der Waals surface area contributed by atoms with E-state index >= 15 is 0 Å². The summed E-state index contributed by atoms with van der Waals surface area (Å²) in [5, 5.41) is 3.33. The van der Waals surface area contributed by atoms with Crippen molar-refractivity contribution < 1.29 is 12.8 Å². The number of nitrogens with one attached hydrogen (secondary N) is 1. The van der Waals surface area contributed by atoms with E-state index in [1.54, 1.807) is 11.2 Å². The Labute approximate surface area is 125 Å². The predicted octanol–water partition coefficient (Wildman–Crippen LogP) is 1.75. The topological polar surface area (TPSA) is 49.4 Å². The molecule has 0 saturated carbocycles. The molecular weight excluding hydrogens is 291 g/mol. The first-order valence-corrected chi connectivity index (χ1v) is 8.68. The van der Waals surface area contributed by atoms with Crippen molar-refractivity contribution in [3.05, 3.63) is 29.6 Å². The van der Waals surface area contributed by atoms with Gasteiger partial charge in [-0.3, -0.25) is 0 Å². The van der Waals surface area contributed by atoms with Crippen molar-refractivity contribution in [1.29, 1.82) is 0 Å². The van der Waals surface area contributed by atoms with Crippen molar-refractivity contribution in [1.82, 2.24) is 9.62 Å². The molecule has 1 N–H and O–H groups in total. The van der Waals surface area contributed by atoms with Crippen LogP contribution in [-0.4, -0.2) is 37.9 Å². The van der Waals surface area contributed by atoms with Gasteiger partial charge in [0.25, 0.3) is 0 Å². The van der Waals surface area contributed by atoms with Gasteiger partial charge in [0.05, 0.1) is 4.90 Å². The Balaban J connectivity index is 2.05. The zero-order valence-corrected chi connectivity index (χ0v) is 13.4. The number of aryl methyl sites for hydroxylation is 1. The van der Waals surface area contributed by atoms with E-state index in [1.807, 2.05) is 13.8 Å². The third-order valence-electron chi connectivity index (χ3n) is 5.01. The molecule has 0 spiro atoms. The van der Waals surface area contributed by atoms with Crippen LogP contribution in [0.15, 0.2) is 23.1 Å². The lowest BCUT2D eigenvalue weighted by Gasteiger charge is -2.34. The summed E-state index contributed by atoms with van der Waals surface area (Å²) in [6, 6.07) is 3.95. The summed E-state index contributed by atoms with van der Waals surface area (Å²) < 4.78 is 41.0. The number of halogens is 1. The Bertz CT molecular complexity index is 672. The molecular formula is C15H21FN2O2S. The predicted molar refractivity (Wildman–Crippen MR) is 79.0 cm³/mol. The van der Waals surface area contributed by atoms with Crippen molar-refractivity contribution in [3.8, 4) is 0 Å². The fraction of sp³-hybridized carbons (Fsp3) is 0.600. The van der Waals surface area contributed by atoms with E-state index < -0.39 is 21.4 Å². The average molecular weight is 312 g/mol. The van der Waals surface area contributed by atoms with Crippen LogP contribution in [0.1, 0.15) is 19.4 Å². The van der Waals surface area contributed by atoms with E-state index in [0.717, 1.165) is 19.2 Å². The van der Waals surface area contributed by atoms with Crippen LogP contribution >= 0.6 is 0 Å². The number of rotatable bonds is 2. The van der Waals surface area contributed by atoms with Crippen molar-refractivity contribution in [3.63, 3.8) is 0 Å². The SMILES string of the molecule is Cc1ccc(F)cc1S(=O)(=O)N1CC2CNCC2C1(C)C. The monoisotopic (exact) mass is 312 g/mol. The molecule has 0 radical (unpaired) electrons. The largest absolute Gasteiger partial charge is 0.316 e. The normalized spacial score (nSPS) is 28.8. The van der Waals surface area contributed by atoms with E-state index in [0.29, 0.717) is 23.9 Å². The van der Waals surface area contributed by atoms with Gasteiger partial charge >= 0.3 is 0 Å². The van der Waals surface area contributed by atoms with E-state index in [4.69, 9.17) is 0 Å². The maximum absolute atomic E-state index is 13.5. The molecule has 21 heavy (non-hydrogen) atoms. The van der Waals surface area contributed by atoms with Crippen molar-refractivity contribution in [2.75, 3.05) is 19.6 Å². The summed E-state index contributed by atoms with van der Waals surface area (Å²) in [5.41, 5.74) is 0.133. The molecule has 2 heterocycles. The first-order valence-electron chi connectivity index (χ1n) is 7.24. The Morgan fingerprint density at radius 1 is 1.33 bits per heavy atom. The lowest BCUT2D eigenvalue weighted by atomic mass is 9.85. The van der Waals surface area contributed by atoms with Crippen LogP contribution in [0.2, 0.25) is 0 Å². The molecule has 116 valence electrons. The maximum Gasteiger partial charge on any atom is 0.243 e. The molecule has 1 aromatic carbocycles. The molecule has 2 saturated heterocycles. The quantitative estimate of drug-likeness (QED) is 0.905. The van der Waals surface area contributed by atoms with Gasteiger partial charge in [0.15, 0.2) is 0 Å². The van der Waals surface area contributed by atoms with E-state index in [2.05, 4.69) is 5.32 Å². The lowest BCUT2D eigenvalue weighted by molar-refractivity contribution is 0.233. The van der Waals surface area contributed by atoms with Crippen LogP contribution in [0, 0.1) is 24.6 Å². The second-order valence-electron chi connectivity index (χ2n) is 6.62. The van der Waals surface area contributed by atoms with Gasteiger partial charge in [0.1, 0.15) is 5.82 Å². The molecule has 2 fully saturated rings. The van der Waals surface area contributed by atoms with Crippen LogP contribution in [0.25, 0.3) is 0 Å². The molecule has 2 aliphatic rings. The smallest absolute Gasteiger partial charge is 0.243 e. The fourth-order valence-electron chi connectivity index (χ4n) is 3.76. The molecule has 6 heteroatoms. The van der Waals surface area contributed by atoms with E-state index in [-0.39, 0.29) is 4.90 Å². The molecule has 2 unspecified atom stereocenters. The van der Waals surface area contributed by atoms with Crippen LogP contribution in [-0.2, 0) is 10.0 Å². The van der Waals surface area contributed by atoms with Gasteiger partial charge in [-0.25, -0.2) is 12.8 Å². The Kier molecular flexibility index (Phi) is 3.39. The number of hydrogen-bond donors (Lipinski definition) is 1. The molecule has 3 rings (SSSR count). The Hall–Kier alpha value is -0.980. The van der Waals surface area contributed by atoms with E-state index in [9.17, 15) is 12.8 Å². The summed E-state index contributed by atoms with van der Waals surface area (Å²) >= 11 is 0. The molecule has 0 aromatic heterocycles. The molecule has 2 aliphatic heterocycles. The fourth-order valence-corrected chi connectivity index (χ4v) is 5.88. The summed E-state index contributed by atoms with van der Waals surface area (Å²) in [6.07, 6.45) is 0. The van der Waals surface area contributed by atoms with Gasteiger partial charge in [0.2, 0.25) is 10.0 Å². The first kappa shape index (κ1) is 14.9. The summed E-state index contributed by atoms with van der Waals surface area (Å²) in [5.74, 6) is 0.128. The van der Waals surface area contributed by atoms with Crippen LogP contribution in [0.3, 0.4) is 0 Å². The number of sulfonamides is 1. The van der Waals surface area contributed by atoms with Gasteiger partial charge in [-0.1, -0.05) is 6.07 Å². The third kappa shape index (κ3) is 2.20. The molecule has 0 aliphatic carbocycles. The Morgan fingerprint density at radius 3 is 2.71 bits per heavy atom. The molecule has 2 atom stereocenters. The van der Waals surface area contributed by atoms with Crippen LogP contribution < -0.4 is 5.32 Å². The minimum atomic E-state index is -3.68. The Morgan fingerprint density at radius 2 is 2.05 bits per heavy atom. The highest BCUT2D eigenvalue weighted by Gasteiger charge is 2.54. The van der Waals surface area contributed by atoms with Crippen molar-refractivity contribution in [2.24, 2.45) is 11.8 Å². The van der Waals surface area contributed by atoms with Crippen molar-refractivity contribution >= 4 is 10.0 Å². The number of benzene rings is 1. The molecule has 4 nitrogen and oxygen atoms in total. The molecule has 0 bridgehead atoms. The standard InChI is InChI=1S/C15H21FN2O2S/c1-10-4-5-12(16)6-14(10)21(19,20)18-9-11-7-17-8-13(11)15(18,2)3/h4-6,11,13,17H,7-9H2,1-3H3. The minimum Gasteiger partial charge on any atom is -0.316 e. The van der Waals surface area contributed by atoms with E-state index in [1.165, 1.54) is 12.1 Å². The maximum atomic E-state index is 13.5. The number of fused-ring (bicyclic) bond motifs is 1. The van der Waals surface area contributed by atoms with Crippen LogP contribution in [0.5, 0.6) is 0 Å². The van der Waals surface area contributed by atoms with Crippen LogP contribution in [0.4, 0.5) is 4.39 Å². The average Bonchev–Trinajstić information content (AvgIpc) is 2.95. The molecule has 1 aromatic rings. The zero-order valence-electron chi connectivity index (χ0n) is 12.6. The minimum absolute atomic E-state index is 0.0866. The highest BCUT2D eigenvalue weighted by Crippen LogP contribution is 2.43. The molecule has 0 amide bonds. The summed E-state index contributed by atoms with van der Waals surface area (Å²) in [4.78, 5) is 0.0866. The third-order valence-corrected chi connectivity index (χ3v) is 7.20. The van der Waals surface area contributed by atoms with Crippen molar-refractivity contribution in [2.45, 2.75) is 31.2 Å². The number of hydrogen-bond acceptors (Lipinski definition) is 3. The van der Waals surface area contributed by atoms with Gasteiger partial charge in [-0.2, -0.15) is 4.31 Å². The highest BCUT2D eigenvalue weighted by molar-refractivity contribution is 7.89. The van der Waals surface area contributed by atoms with Gasteiger partial charge in [-0.15, -0.1) is 0 Å². The summed E-state index contributed by atoms with van der Waals surface area (Å²) in [7, 11) is -3.68.